The van der Waals surface area contributed by atoms with Crippen LogP contribution >= 0.6 is 0 Å². The molecule has 2 N–H and O–H groups in total. The van der Waals surface area contributed by atoms with Crippen LogP contribution in [0.2, 0.25) is 0 Å². The molecule has 0 unspecified atom stereocenters. The highest BCUT2D eigenvalue weighted by Gasteiger charge is 2.28. The quantitative estimate of drug-likeness (QED) is 0.702. The normalized spacial score (nSPS) is 28.6. The molecule has 4 nitrogen and oxygen atoms in total. The van der Waals surface area contributed by atoms with Gasteiger partial charge in [-0.25, -0.2) is 4.79 Å². The molecule has 0 spiro atoms. The van der Waals surface area contributed by atoms with Gasteiger partial charge in [0.15, 0.2) is 0 Å². The van der Waals surface area contributed by atoms with Crippen LogP contribution in [0.15, 0.2) is 0 Å². The molecule has 1 aliphatic heterocycles. The number of rotatable bonds is 2. The molecule has 2 aliphatic rings. The summed E-state index contributed by atoms with van der Waals surface area (Å²) in [4.78, 5) is 12.2. The Hall–Kier alpha value is -0.770. The lowest BCUT2D eigenvalue weighted by Gasteiger charge is -2.18. The van der Waals surface area contributed by atoms with E-state index >= 15 is 0 Å². The predicted molar refractivity (Wildman–Crippen MR) is 53.4 cm³/mol. The van der Waals surface area contributed by atoms with Crippen molar-refractivity contribution in [1.29, 1.82) is 0 Å². The first-order valence-electron chi connectivity index (χ1n) is 5.49. The number of likely N-dealkylation sites (tertiary alicyclic amines) is 1. The fourth-order valence-corrected chi connectivity index (χ4v) is 2.50. The zero-order valence-corrected chi connectivity index (χ0v) is 8.41. The van der Waals surface area contributed by atoms with Crippen molar-refractivity contribution in [3.05, 3.63) is 0 Å². The second kappa shape index (κ2) is 4.17. The molecule has 0 aromatic carbocycles. The average Bonchev–Trinajstić information content (AvgIpc) is 2.75. The summed E-state index contributed by atoms with van der Waals surface area (Å²) < 4.78 is 0. The molecule has 0 aromatic rings. The zero-order chi connectivity index (χ0) is 9.97. The Morgan fingerprint density at radius 1 is 1.21 bits per heavy atom. The van der Waals surface area contributed by atoms with E-state index in [-0.39, 0.29) is 0 Å². The van der Waals surface area contributed by atoms with E-state index in [4.69, 9.17) is 5.11 Å². The van der Waals surface area contributed by atoms with Gasteiger partial charge in [-0.05, 0) is 19.3 Å². The number of carboxylic acid groups (broad SMARTS) is 1. The van der Waals surface area contributed by atoms with E-state index < -0.39 is 6.09 Å². The lowest BCUT2D eigenvalue weighted by atomic mass is 10.2. The zero-order valence-electron chi connectivity index (χ0n) is 8.41. The molecular formula is C10H18N2O2. The topological polar surface area (TPSA) is 52.6 Å². The molecule has 2 rings (SSSR count). The van der Waals surface area contributed by atoms with Crippen molar-refractivity contribution in [2.75, 3.05) is 13.1 Å². The monoisotopic (exact) mass is 198 g/mol. The standard InChI is InChI=1S/C10H18N2O2/c13-10(14)12-6-5-9(7-12)11-8-3-1-2-4-8/h8-9,11H,1-7H2,(H,13,14)/t9-/m0/s1. The van der Waals surface area contributed by atoms with Crippen molar-refractivity contribution >= 4 is 6.09 Å². The van der Waals surface area contributed by atoms with Gasteiger partial charge < -0.3 is 15.3 Å². The summed E-state index contributed by atoms with van der Waals surface area (Å²) in [5.74, 6) is 0. The Morgan fingerprint density at radius 2 is 1.93 bits per heavy atom. The van der Waals surface area contributed by atoms with Crippen molar-refractivity contribution in [2.45, 2.75) is 44.2 Å². The van der Waals surface area contributed by atoms with E-state index in [9.17, 15) is 4.79 Å². The van der Waals surface area contributed by atoms with Crippen LogP contribution in [-0.4, -0.2) is 41.3 Å². The average molecular weight is 198 g/mol. The van der Waals surface area contributed by atoms with E-state index in [1.54, 1.807) is 0 Å². The van der Waals surface area contributed by atoms with Crippen LogP contribution in [0.25, 0.3) is 0 Å². The summed E-state index contributed by atoms with van der Waals surface area (Å²) in [6.45, 7) is 1.37. The maximum absolute atomic E-state index is 10.7. The number of hydrogen-bond donors (Lipinski definition) is 2. The van der Waals surface area contributed by atoms with Crippen molar-refractivity contribution in [2.24, 2.45) is 0 Å². The number of carbonyl (C=O) groups is 1. The van der Waals surface area contributed by atoms with Gasteiger partial charge in [-0.3, -0.25) is 0 Å². The number of hydrogen-bond acceptors (Lipinski definition) is 2. The van der Waals surface area contributed by atoms with Gasteiger partial charge >= 0.3 is 6.09 Å². The van der Waals surface area contributed by atoms with Crippen LogP contribution in [-0.2, 0) is 0 Å². The first kappa shape index (κ1) is 9.77. The van der Waals surface area contributed by atoms with E-state index in [1.807, 2.05) is 0 Å². The maximum atomic E-state index is 10.7. The molecule has 1 atom stereocenters. The molecule has 1 aliphatic carbocycles. The van der Waals surface area contributed by atoms with E-state index in [2.05, 4.69) is 5.32 Å². The van der Waals surface area contributed by atoms with Crippen molar-refractivity contribution in [1.82, 2.24) is 10.2 Å². The molecule has 0 bridgehead atoms. The minimum Gasteiger partial charge on any atom is -0.465 e. The lowest BCUT2D eigenvalue weighted by molar-refractivity contribution is 0.154. The molecular weight excluding hydrogens is 180 g/mol. The SMILES string of the molecule is O=C(O)N1CC[C@H](NC2CCCC2)C1. The third-order valence-electron chi connectivity index (χ3n) is 3.29. The number of nitrogens with zero attached hydrogens (tertiary/aromatic N) is 1. The molecule has 80 valence electrons. The molecule has 1 saturated carbocycles. The third kappa shape index (κ3) is 2.18. The second-order valence-corrected chi connectivity index (χ2v) is 4.36. The summed E-state index contributed by atoms with van der Waals surface area (Å²) in [5.41, 5.74) is 0. The largest absolute Gasteiger partial charge is 0.465 e. The van der Waals surface area contributed by atoms with Crippen LogP contribution in [0.3, 0.4) is 0 Å². The summed E-state index contributed by atoms with van der Waals surface area (Å²) in [6.07, 6.45) is 5.39. The van der Waals surface area contributed by atoms with E-state index in [0.29, 0.717) is 25.2 Å². The molecule has 0 aromatic heterocycles. The fourth-order valence-electron chi connectivity index (χ4n) is 2.50. The van der Waals surface area contributed by atoms with Gasteiger partial charge in [-0.2, -0.15) is 0 Å². The van der Waals surface area contributed by atoms with Gasteiger partial charge in [0.25, 0.3) is 0 Å². The highest BCUT2D eigenvalue weighted by molar-refractivity contribution is 5.65. The van der Waals surface area contributed by atoms with E-state index in [0.717, 1.165) is 6.42 Å². The summed E-state index contributed by atoms with van der Waals surface area (Å²) in [7, 11) is 0. The number of amides is 1. The van der Waals surface area contributed by atoms with Crippen LogP contribution in [0.5, 0.6) is 0 Å². The Bertz CT molecular complexity index is 214. The lowest BCUT2D eigenvalue weighted by Crippen LogP contribution is -2.39. The summed E-state index contributed by atoms with van der Waals surface area (Å²) in [6, 6.07) is 1.04. The Labute approximate surface area is 84.3 Å². The molecule has 1 heterocycles. The highest BCUT2D eigenvalue weighted by Crippen LogP contribution is 2.20. The van der Waals surface area contributed by atoms with Crippen molar-refractivity contribution < 1.29 is 9.90 Å². The van der Waals surface area contributed by atoms with E-state index in [1.165, 1.54) is 30.6 Å². The van der Waals surface area contributed by atoms with Crippen LogP contribution in [0.4, 0.5) is 4.79 Å². The molecule has 1 amide bonds. The van der Waals surface area contributed by atoms with Gasteiger partial charge in [0.2, 0.25) is 0 Å². The van der Waals surface area contributed by atoms with Crippen molar-refractivity contribution in [3.63, 3.8) is 0 Å². The predicted octanol–water partition coefficient (Wildman–Crippen LogP) is 1.27. The second-order valence-electron chi connectivity index (χ2n) is 4.36. The van der Waals surface area contributed by atoms with Crippen LogP contribution in [0, 0.1) is 0 Å². The highest BCUT2D eigenvalue weighted by atomic mass is 16.4. The molecule has 2 fully saturated rings. The maximum Gasteiger partial charge on any atom is 0.407 e. The minimum atomic E-state index is -0.777. The Kier molecular flexibility index (Phi) is 2.91. The van der Waals surface area contributed by atoms with Crippen molar-refractivity contribution in [3.8, 4) is 0 Å². The van der Waals surface area contributed by atoms with Crippen LogP contribution in [0.1, 0.15) is 32.1 Å². The minimum absolute atomic E-state index is 0.397. The molecule has 14 heavy (non-hydrogen) atoms. The molecule has 0 radical (unpaired) electrons. The molecule has 4 heteroatoms. The first-order valence-corrected chi connectivity index (χ1v) is 5.49. The number of nitrogens with one attached hydrogen (secondary N) is 1. The Balaban J connectivity index is 1.75. The smallest absolute Gasteiger partial charge is 0.407 e. The summed E-state index contributed by atoms with van der Waals surface area (Å²) >= 11 is 0. The third-order valence-corrected chi connectivity index (χ3v) is 3.29. The van der Waals surface area contributed by atoms with Gasteiger partial charge in [0, 0.05) is 25.2 Å². The van der Waals surface area contributed by atoms with Gasteiger partial charge in [0.05, 0.1) is 0 Å². The molecule has 1 saturated heterocycles. The van der Waals surface area contributed by atoms with Crippen LogP contribution < -0.4 is 5.32 Å². The van der Waals surface area contributed by atoms with Gasteiger partial charge in [-0.15, -0.1) is 0 Å². The summed E-state index contributed by atoms with van der Waals surface area (Å²) in [5, 5.41) is 12.3. The first-order chi connectivity index (χ1) is 6.75. The van der Waals surface area contributed by atoms with Gasteiger partial charge in [-0.1, -0.05) is 12.8 Å². The van der Waals surface area contributed by atoms with Gasteiger partial charge in [0.1, 0.15) is 0 Å². The fraction of sp³-hybridized carbons (Fsp3) is 0.900. The Morgan fingerprint density at radius 3 is 2.50 bits per heavy atom.